The van der Waals surface area contributed by atoms with E-state index >= 15 is 0 Å². The minimum atomic E-state index is -0.0845. The van der Waals surface area contributed by atoms with Crippen molar-refractivity contribution in [3.63, 3.8) is 0 Å². The van der Waals surface area contributed by atoms with E-state index in [0.29, 0.717) is 17.4 Å². The first-order chi connectivity index (χ1) is 12.5. The number of anilines is 1. The van der Waals surface area contributed by atoms with Crippen LogP contribution in [0.5, 0.6) is 0 Å². The van der Waals surface area contributed by atoms with Gasteiger partial charge in [-0.15, -0.1) is 0 Å². The molecule has 0 radical (unpaired) electrons. The Balaban J connectivity index is 2.28. The number of imidazole rings is 1. The lowest BCUT2D eigenvalue weighted by atomic mass is 10.2. The van der Waals surface area contributed by atoms with E-state index in [4.69, 9.17) is 4.98 Å². The van der Waals surface area contributed by atoms with Crippen molar-refractivity contribution in [2.24, 2.45) is 7.05 Å². The number of aromatic nitrogens is 5. The topological polar surface area (TPSA) is 68.3 Å². The van der Waals surface area contributed by atoms with Crippen LogP contribution in [0.4, 0.5) is 5.82 Å². The van der Waals surface area contributed by atoms with Gasteiger partial charge in [0.15, 0.2) is 17.1 Å². The Morgan fingerprint density at radius 1 is 1.31 bits per heavy atom. The lowest BCUT2D eigenvalue weighted by molar-refractivity contribution is 0.101. The molecular formula is C19H26N6O. The van der Waals surface area contributed by atoms with Crippen LogP contribution in [-0.4, -0.2) is 42.5 Å². The van der Waals surface area contributed by atoms with Crippen LogP contribution in [0.2, 0.25) is 0 Å². The van der Waals surface area contributed by atoms with Crippen LogP contribution in [0.1, 0.15) is 51.0 Å². The van der Waals surface area contributed by atoms with Crippen molar-refractivity contribution in [3.8, 4) is 11.4 Å². The highest BCUT2D eigenvalue weighted by Gasteiger charge is 2.21. The SMILES string of the molecule is CCCN(c1cc(-c2ccnn2C)n2cnc(C(C)=O)c2n1)C(C)CC. The fourth-order valence-electron chi connectivity index (χ4n) is 3.20. The first-order valence-corrected chi connectivity index (χ1v) is 9.11. The summed E-state index contributed by atoms with van der Waals surface area (Å²) in [5, 5.41) is 4.29. The van der Waals surface area contributed by atoms with Gasteiger partial charge in [0.1, 0.15) is 12.1 Å². The van der Waals surface area contributed by atoms with E-state index in [1.165, 1.54) is 6.92 Å². The van der Waals surface area contributed by atoms with E-state index in [1.807, 2.05) is 22.2 Å². The molecule has 7 nitrogen and oxygen atoms in total. The minimum absolute atomic E-state index is 0.0845. The quantitative estimate of drug-likeness (QED) is 0.609. The van der Waals surface area contributed by atoms with Crippen LogP contribution in [0.25, 0.3) is 17.0 Å². The zero-order valence-corrected chi connectivity index (χ0v) is 16.1. The zero-order chi connectivity index (χ0) is 18.8. The summed E-state index contributed by atoms with van der Waals surface area (Å²) in [6, 6.07) is 4.38. The van der Waals surface area contributed by atoms with Gasteiger partial charge in [0.25, 0.3) is 0 Å². The average molecular weight is 354 g/mol. The summed E-state index contributed by atoms with van der Waals surface area (Å²) in [7, 11) is 1.91. The zero-order valence-electron chi connectivity index (χ0n) is 16.1. The summed E-state index contributed by atoms with van der Waals surface area (Å²) in [6.45, 7) is 8.97. The Morgan fingerprint density at radius 2 is 2.08 bits per heavy atom. The number of hydrogen-bond donors (Lipinski definition) is 0. The average Bonchev–Trinajstić information content (AvgIpc) is 3.24. The van der Waals surface area contributed by atoms with Gasteiger partial charge in [-0.2, -0.15) is 5.10 Å². The summed E-state index contributed by atoms with van der Waals surface area (Å²) in [5.74, 6) is 0.784. The summed E-state index contributed by atoms with van der Waals surface area (Å²) in [4.78, 5) is 23.5. The molecule has 26 heavy (non-hydrogen) atoms. The number of hydrogen-bond acceptors (Lipinski definition) is 5. The molecule has 0 fully saturated rings. The Morgan fingerprint density at radius 3 is 2.65 bits per heavy atom. The summed E-state index contributed by atoms with van der Waals surface area (Å²) in [5.41, 5.74) is 2.87. The van der Waals surface area contributed by atoms with Crippen molar-refractivity contribution in [2.75, 3.05) is 11.4 Å². The number of carbonyl (C=O) groups excluding carboxylic acids is 1. The molecule has 0 aliphatic carbocycles. The van der Waals surface area contributed by atoms with E-state index in [-0.39, 0.29) is 5.78 Å². The number of Topliss-reactive ketones (excluding diaryl/α,β-unsaturated/α-hetero) is 1. The smallest absolute Gasteiger partial charge is 0.182 e. The van der Waals surface area contributed by atoms with E-state index in [0.717, 1.165) is 36.6 Å². The molecule has 1 unspecified atom stereocenters. The van der Waals surface area contributed by atoms with Crippen molar-refractivity contribution in [3.05, 3.63) is 30.4 Å². The van der Waals surface area contributed by atoms with Gasteiger partial charge in [-0.25, -0.2) is 9.97 Å². The fourth-order valence-corrected chi connectivity index (χ4v) is 3.20. The van der Waals surface area contributed by atoms with Crippen LogP contribution < -0.4 is 4.90 Å². The first kappa shape index (κ1) is 18.1. The molecule has 3 aromatic rings. The second kappa shape index (κ2) is 7.27. The Bertz CT molecular complexity index is 925. The third-order valence-electron chi connectivity index (χ3n) is 4.79. The highest BCUT2D eigenvalue weighted by Crippen LogP contribution is 2.27. The predicted molar refractivity (Wildman–Crippen MR) is 103 cm³/mol. The molecule has 3 aromatic heterocycles. The minimum Gasteiger partial charge on any atom is -0.354 e. The summed E-state index contributed by atoms with van der Waals surface area (Å²) in [6.07, 6.45) is 5.48. The molecule has 0 bridgehead atoms. The van der Waals surface area contributed by atoms with Crippen molar-refractivity contribution >= 4 is 17.2 Å². The van der Waals surface area contributed by atoms with Crippen LogP contribution in [-0.2, 0) is 7.05 Å². The van der Waals surface area contributed by atoms with Crippen molar-refractivity contribution in [1.82, 2.24) is 24.1 Å². The van der Waals surface area contributed by atoms with Gasteiger partial charge >= 0.3 is 0 Å². The molecule has 3 rings (SSSR count). The van der Waals surface area contributed by atoms with E-state index in [1.54, 1.807) is 12.5 Å². The fraction of sp³-hybridized carbons (Fsp3) is 0.474. The van der Waals surface area contributed by atoms with Crippen LogP contribution in [0.3, 0.4) is 0 Å². The van der Waals surface area contributed by atoms with Gasteiger partial charge in [0, 0.05) is 38.8 Å². The molecule has 0 saturated carbocycles. The maximum Gasteiger partial charge on any atom is 0.182 e. The maximum atomic E-state index is 12.0. The van der Waals surface area contributed by atoms with Gasteiger partial charge in [0.05, 0.1) is 11.4 Å². The monoisotopic (exact) mass is 354 g/mol. The lowest BCUT2D eigenvalue weighted by Crippen LogP contribution is -2.34. The summed E-state index contributed by atoms with van der Waals surface area (Å²) >= 11 is 0. The van der Waals surface area contributed by atoms with Crippen molar-refractivity contribution in [1.29, 1.82) is 0 Å². The molecule has 138 valence electrons. The van der Waals surface area contributed by atoms with Gasteiger partial charge in [0.2, 0.25) is 0 Å². The van der Waals surface area contributed by atoms with Gasteiger partial charge in [-0.05, 0) is 25.8 Å². The number of aryl methyl sites for hydroxylation is 1. The standard InChI is InChI=1S/C19H26N6O/c1-6-10-24(13(3)7-2)17-11-16(15-8-9-21-23(15)5)25-12-20-18(14(4)26)19(25)22-17/h8-9,11-13H,6-7,10H2,1-5H3. The van der Waals surface area contributed by atoms with E-state index < -0.39 is 0 Å². The molecule has 0 amide bonds. The maximum absolute atomic E-state index is 12.0. The molecule has 7 heteroatoms. The number of fused-ring (bicyclic) bond motifs is 1. The first-order valence-electron chi connectivity index (χ1n) is 9.11. The number of nitrogens with zero attached hydrogens (tertiary/aromatic N) is 6. The Hall–Kier alpha value is -2.70. The normalized spacial score (nSPS) is 12.5. The van der Waals surface area contributed by atoms with Crippen LogP contribution in [0.15, 0.2) is 24.7 Å². The molecule has 0 N–H and O–H groups in total. The van der Waals surface area contributed by atoms with Gasteiger partial charge < -0.3 is 4.90 Å². The molecule has 0 aliphatic heterocycles. The number of ketones is 1. The highest BCUT2D eigenvalue weighted by atomic mass is 16.1. The molecular weight excluding hydrogens is 328 g/mol. The Kier molecular flexibility index (Phi) is 5.06. The molecule has 3 heterocycles. The largest absolute Gasteiger partial charge is 0.354 e. The van der Waals surface area contributed by atoms with Crippen LogP contribution >= 0.6 is 0 Å². The van der Waals surface area contributed by atoms with Crippen LogP contribution in [0, 0.1) is 0 Å². The molecule has 0 aliphatic rings. The second-order valence-corrected chi connectivity index (χ2v) is 6.63. The molecule has 0 saturated heterocycles. The molecule has 0 spiro atoms. The highest BCUT2D eigenvalue weighted by molar-refractivity contribution is 5.98. The van der Waals surface area contributed by atoms with Gasteiger partial charge in [-0.3, -0.25) is 13.9 Å². The van der Waals surface area contributed by atoms with Crippen molar-refractivity contribution < 1.29 is 4.79 Å². The number of carbonyl (C=O) groups is 1. The predicted octanol–water partition coefficient (Wildman–Crippen LogP) is 3.35. The van der Waals surface area contributed by atoms with Crippen molar-refractivity contribution in [2.45, 2.75) is 46.6 Å². The molecule has 1 atom stereocenters. The third-order valence-corrected chi connectivity index (χ3v) is 4.79. The second-order valence-electron chi connectivity index (χ2n) is 6.63. The van der Waals surface area contributed by atoms with E-state index in [2.05, 4.69) is 41.8 Å². The van der Waals surface area contributed by atoms with E-state index in [9.17, 15) is 4.79 Å². The number of rotatable bonds is 7. The third kappa shape index (κ3) is 3.09. The lowest BCUT2D eigenvalue weighted by Gasteiger charge is -2.30. The summed E-state index contributed by atoms with van der Waals surface area (Å²) < 4.78 is 3.69. The Labute approximate surface area is 153 Å². The van der Waals surface area contributed by atoms with Gasteiger partial charge in [-0.1, -0.05) is 13.8 Å². The molecule has 0 aromatic carbocycles.